The zero-order valence-electron chi connectivity index (χ0n) is 16.5. The van der Waals surface area contributed by atoms with E-state index in [1.807, 2.05) is 26.0 Å². The average molecular weight is 394 g/mol. The quantitative estimate of drug-likeness (QED) is 0.600. The molecule has 7 heteroatoms. The number of esters is 1. The van der Waals surface area contributed by atoms with Crippen LogP contribution in [0.5, 0.6) is 0 Å². The number of nitrogens with zero attached hydrogens (tertiary/aromatic N) is 1. The van der Waals surface area contributed by atoms with Crippen LogP contribution in [0.1, 0.15) is 56.9 Å². The van der Waals surface area contributed by atoms with Gasteiger partial charge in [-0.1, -0.05) is 24.6 Å². The summed E-state index contributed by atoms with van der Waals surface area (Å²) >= 11 is 0. The van der Waals surface area contributed by atoms with Crippen LogP contribution in [-0.4, -0.2) is 41.2 Å². The molecular formula is C22H22N2O5. The largest absolute Gasteiger partial charge is 0.452 e. The van der Waals surface area contributed by atoms with Crippen molar-refractivity contribution in [2.75, 3.05) is 11.9 Å². The Morgan fingerprint density at radius 1 is 1.03 bits per heavy atom. The van der Waals surface area contributed by atoms with Gasteiger partial charge in [-0.3, -0.25) is 19.3 Å². The fraction of sp³-hybridized carbons (Fsp3) is 0.273. The van der Waals surface area contributed by atoms with E-state index in [0.717, 1.165) is 5.56 Å². The van der Waals surface area contributed by atoms with Gasteiger partial charge in [0.1, 0.15) is 0 Å². The van der Waals surface area contributed by atoms with Gasteiger partial charge in [-0.2, -0.15) is 0 Å². The summed E-state index contributed by atoms with van der Waals surface area (Å²) in [4.78, 5) is 50.5. The van der Waals surface area contributed by atoms with Gasteiger partial charge in [0.25, 0.3) is 17.7 Å². The highest BCUT2D eigenvalue weighted by atomic mass is 16.5. The van der Waals surface area contributed by atoms with Crippen molar-refractivity contribution < 1.29 is 23.9 Å². The van der Waals surface area contributed by atoms with E-state index in [9.17, 15) is 19.2 Å². The zero-order chi connectivity index (χ0) is 21.1. The molecule has 7 nitrogen and oxygen atoms in total. The minimum absolute atomic E-state index is 0.110. The lowest BCUT2D eigenvalue weighted by Gasteiger charge is -2.20. The van der Waals surface area contributed by atoms with E-state index in [0.29, 0.717) is 12.1 Å². The van der Waals surface area contributed by atoms with Gasteiger partial charge in [0.05, 0.1) is 16.7 Å². The Hall–Kier alpha value is -3.48. The summed E-state index contributed by atoms with van der Waals surface area (Å²) in [5, 5.41) is 2.63. The highest BCUT2D eigenvalue weighted by Gasteiger charge is 2.38. The third-order valence-corrected chi connectivity index (χ3v) is 4.85. The molecule has 0 aliphatic carbocycles. The van der Waals surface area contributed by atoms with Crippen LogP contribution in [0.25, 0.3) is 0 Å². The Balaban J connectivity index is 1.65. The van der Waals surface area contributed by atoms with Crippen molar-refractivity contribution in [1.29, 1.82) is 0 Å². The molecular weight excluding hydrogens is 372 g/mol. The SMILES string of the molecule is CC[C@H](C)N1C(=O)c2ccc(C(=O)OCC(=O)Nc3ccc(C)cc3)cc2C1=O. The van der Waals surface area contributed by atoms with E-state index in [-0.39, 0.29) is 28.6 Å². The van der Waals surface area contributed by atoms with E-state index in [2.05, 4.69) is 5.32 Å². The number of imide groups is 1. The minimum Gasteiger partial charge on any atom is -0.452 e. The van der Waals surface area contributed by atoms with Crippen LogP contribution in [0.4, 0.5) is 5.69 Å². The summed E-state index contributed by atoms with van der Waals surface area (Å²) in [5.74, 6) is -2.01. The van der Waals surface area contributed by atoms with E-state index in [1.54, 1.807) is 19.1 Å². The predicted molar refractivity (Wildman–Crippen MR) is 107 cm³/mol. The summed E-state index contributed by atoms with van der Waals surface area (Å²) in [6, 6.07) is 11.2. The summed E-state index contributed by atoms with van der Waals surface area (Å²) in [6.07, 6.45) is 0.635. The molecule has 1 aliphatic heterocycles. The molecule has 0 fully saturated rings. The van der Waals surface area contributed by atoms with Crippen LogP contribution in [0.3, 0.4) is 0 Å². The van der Waals surface area contributed by atoms with Crippen LogP contribution >= 0.6 is 0 Å². The molecule has 29 heavy (non-hydrogen) atoms. The Kier molecular flexibility index (Phi) is 5.77. The smallest absolute Gasteiger partial charge is 0.338 e. The standard InChI is InChI=1S/C22H22N2O5/c1-4-14(3)24-20(26)17-10-7-15(11-18(17)21(24)27)22(28)29-12-19(25)23-16-8-5-13(2)6-9-16/h5-11,14H,4,12H2,1-3H3,(H,23,25)/t14-/m0/s1. The second kappa shape index (κ2) is 8.26. The van der Waals surface area contributed by atoms with Gasteiger partial charge in [-0.25, -0.2) is 4.79 Å². The molecule has 3 amide bonds. The number of nitrogens with one attached hydrogen (secondary N) is 1. The van der Waals surface area contributed by atoms with Crippen molar-refractivity contribution >= 4 is 29.4 Å². The normalized spacial score (nSPS) is 13.8. The minimum atomic E-state index is -0.742. The maximum atomic E-state index is 12.6. The van der Waals surface area contributed by atoms with Gasteiger partial charge >= 0.3 is 5.97 Å². The number of carbonyl (C=O) groups is 4. The molecule has 1 aliphatic rings. The van der Waals surface area contributed by atoms with Crippen LogP contribution in [0.15, 0.2) is 42.5 Å². The molecule has 1 N–H and O–H groups in total. The van der Waals surface area contributed by atoms with Gasteiger partial charge in [0.2, 0.25) is 0 Å². The number of carbonyl (C=O) groups excluding carboxylic acids is 4. The lowest BCUT2D eigenvalue weighted by Crippen LogP contribution is -2.37. The van der Waals surface area contributed by atoms with E-state index < -0.39 is 24.4 Å². The molecule has 0 bridgehead atoms. The zero-order valence-corrected chi connectivity index (χ0v) is 16.5. The topological polar surface area (TPSA) is 92.8 Å². The number of rotatable bonds is 6. The highest BCUT2D eigenvalue weighted by Crippen LogP contribution is 2.26. The van der Waals surface area contributed by atoms with Gasteiger partial charge in [-0.15, -0.1) is 0 Å². The van der Waals surface area contributed by atoms with Crippen molar-refractivity contribution in [3.8, 4) is 0 Å². The monoisotopic (exact) mass is 394 g/mol. The van der Waals surface area contributed by atoms with Crippen molar-refractivity contribution in [2.45, 2.75) is 33.2 Å². The lowest BCUT2D eigenvalue weighted by molar-refractivity contribution is -0.119. The molecule has 2 aromatic rings. The Bertz CT molecular complexity index is 981. The molecule has 0 unspecified atom stereocenters. The third kappa shape index (κ3) is 4.18. The molecule has 0 saturated carbocycles. The summed E-state index contributed by atoms with van der Waals surface area (Å²) in [5.41, 5.74) is 2.21. The summed E-state index contributed by atoms with van der Waals surface area (Å²) in [6.45, 7) is 5.16. The Morgan fingerprint density at radius 2 is 1.69 bits per heavy atom. The summed E-state index contributed by atoms with van der Waals surface area (Å²) < 4.78 is 5.04. The lowest BCUT2D eigenvalue weighted by atomic mass is 10.1. The molecule has 0 aromatic heterocycles. The van der Waals surface area contributed by atoms with Gasteiger partial charge < -0.3 is 10.1 Å². The van der Waals surface area contributed by atoms with Crippen LogP contribution in [0, 0.1) is 6.92 Å². The van der Waals surface area contributed by atoms with E-state index >= 15 is 0 Å². The molecule has 0 spiro atoms. The first-order chi connectivity index (χ1) is 13.8. The van der Waals surface area contributed by atoms with Crippen LogP contribution in [0.2, 0.25) is 0 Å². The second-order valence-electron chi connectivity index (χ2n) is 6.99. The molecule has 0 radical (unpaired) electrons. The van der Waals surface area contributed by atoms with Crippen LogP contribution < -0.4 is 5.32 Å². The average Bonchev–Trinajstić information content (AvgIpc) is 2.97. The van der Waals surface area contributed by atoms with E-state index in [1.165, 1.54) is 23.1 Å². The fourth-order valence-corrected chi connectivity index (χ4v) is 3.02. The first-order valence-corrected chi connectivity index (χ1v) is 9.37. The van der Waals surface area contributed by atoms with Crippen molar-refractivity contribution in [2.24, 2.45) is 0 Å². The van der Waals surface area contributed by atoms with Gasteiger partial charge in [-0.05, 0) is 50.6 Å². The first kappa shape index (κ1) is 20.3. The Labute approximate surface area is 168 Å². The molecule has 1 atom stereocenters. The number of aryl methyl sites for hydroxylation is 1. The van der Waals surface area contributed by atoms with E-state index in [4.69, 9.17) is 4.74 Å². The molecule has 150 valence electrons. The molecule has 3 rings (SSSR count). The van der Waals surface area contributed by atoms with Crippen molar-refractivity contribution in [3.63, 3.8) is 0 Å². The summed E-state index contributed by atoms with van der Waals surface area (Å²) in [7, 11) is 0. The predicted octanol–water partition coefficient (Wildman–Crippen LogP) is 3.19. The number of ether oxygens (including phenoxy) is 1. The third-order valence-electron chi connectivity index (χ3n) is 4.85. The molecule has 1 heterocycles. The molecule has 0 saturated heterocycles. The Morgan fingerprint density at radius 3 is 2.34 bits per heavy atom. The van der Waals surface area contributed by atoms with Gasteiger partial charge in [0, 0.05) is 11.7 Å². The van der Waals surface area contributed by atoms with Gasteiger partial charge in [0.15, 0.2) is 6.61 Å². The van der Waals surface area contributed by atoms with Crippen LogP contribution in [-0.2, 0) is 9.53 Å². The highest BCUT2D eigenvalue weighted by molar-refractivity contribution is 6.22. The number of benzene rings is 2. The molecule has 2 aromatic carbocycles. The maximum absolute atomic E-state index is 12.6. The second-order valence-corrected chi connectivity index (χ2v) is 6.99. The number of amides is 3. The van der Waals surface area contributed by atoms with Crippen molar-refractivity contribution in [1.82, 2.24) is 4.90 Å². The number of hydrogen-bond acceptors (Lipinski definition) is 5. The maximum Gasteiger partial charge on any atom is 0.338 e. The van der Waals surface area contributed by atoms with Crippen molar-refractivity contribution in [3.05, 3.63) is 64.7 Å². The fourth-order valence-electron chi connectivity index (χ4n) is 3.02. The number of anilines is 1. The number of fused-ring (bicyclic) bond motifs is 1. The number of hydrogen-bond donors (Lipinski definition) is 1. The first-order valence-electron chi connectivity index (χ1n) is 9.37.